The van der Waals surface area contributed by atoms with Gasteiger partial charge in [-0.15, -0.1) is 0 Å². The summed E-state index contributed by atoms with van der Waals surface area (Å²) < 4.78 is 37.2. The van der Waals surface area contributed by atoms with Gasteiger partial charge in [-0.05, 0) is 30.8 Å². The van der Waals surface area contributed by atoms with Crippen LogP contribution in [0.15, 0.2) is 18.3 Å². The summed E-state index contributed by atoms with van der Waals surface area (Å²) in [5.41, 5.74) is -3.55. The second-order valence-corrected chi connectivity index (χ2v) is 4.26. The normalized spacial score (nSPS) is 14.2. The molecule has 0 radical (unpaired) electrons. The molecule has 0 aliphatic rings. The fraction of sp³-hybridized carbons (Fsp3) is 0.556. The van der Waals surface area contributed by atoms with E-state index < -0.39 is 11.6 Å². The lowest BCUT2D eigenvalue weighted by Gasteiger charge is -2.11. The summed E-state index contributed by atoms with van der Waals surface area (Å²) in [6.07, 6.45) is 1.01. The Morgan fingerprint density at radius 2 is 2.20 bits per heavy atom. The van der Waals surface area contributed by atoms with Crippen LogP contribution in [0.1, 0.15) is 18.7 Å². The lowest BCUT2D eigenvalue weighted by atomic mass is 10.3. The van der Waals surface area contributed by atoms with E-state index in [1.807, 2.05) is 0 Å². The van der Waals surface area contributed by atoms with E-state index in [4.69, 9.17) is 0 Å². The van der Waals surface area contributed by atoms with Gasteiger partial charge in [0.2, 0.25) is 0 Å². The minimum Gasteiger partial charge on any atom is -0.387 e. The van der Waals surface area contributed by atoms with Gasteiger partial charge < -0.3 is 9.67 Å². The van der Waals surface area contributed by atoms with Crippen LogP contribution in [0.5, 0.6) is 0 Å². The van der Waals surface area contributed by atoms with Crippen molar-refractivity contribution in [2.24, 2.45) is 0 Å². The molecule has 1 unspecified atom stereocenters. The van der Waals surface area contributed by atoms with Crippen LogP contribution >= 0.6 is 11.8 Å². The second-order valence-electron chi connectivity index (χ2n) is 3.10. The molecule has 1 N–H and O–H groups in total. The Morgan fingerprint density at radius 1 is 1.53 bits per heavy atom. The van der Waals surface area contributed by atoms with Gasteiger partial charge in [-0.25, -0.2) is 0 Å². The molecule has 86 valence electrons. The highest BCUT2D eigenvalue weighted by Gasteiger charge is 2.27. The molecule has 0 saturated carbocycles. The van der Waals surface area contributed by atoms with E-state index in [1.165, 1.54) is 0 Å². The average molecular weight is 239 g/mol. The third kappa shape index (κ3) is 4.17. The van der Waals surface area contributed by atoms with Crippen molar-refractivity contribution in [3.05, 3.63) is 24.0 Å². The number of aryl methyl sites for hydroxylation is 1. The van der Waals surface area contributed by atoms with Crippen molar-refractivity contribution in [3.63, 3.8) is 0 Å². The lowest BCUT2D eigenvalue weighted by molar-refractivity contribution is -0.0328. The van der Waals surface area contributed by atoms with Gasteiger partial charge in [-0.2, -0.15) is 13.2 Å². The summed E-state index contributed by atoms with van der Waals surface area (Å²) in [5.74, 6) is -0.0437. The van der Waals surface area contributed by atoms with Crippen LogP contribution < -0.4 is 0 Å². The maximum absolute atomic E-state index is 11.8. The summed E-state index contributed by atoms with van der Waals surface area (Å²) in [6, 6.07) is 3.41. The molecule has 1 rings (SSSR count). The SMILES string of the molecule is CC(O)c1cccn1CCSC(F)(F)F. The van der Waals surface area contributed by atoms with E-state index in [2.05, 4.69) is 0 Å². The molecule has 0 aliphatic heterocycles. The Bertz CT molecular complexity index is 309. The van der Waals surface area contributed by atoms with E-state index in [9.17, 15) is 18.3 Å². The molecule has 1 atom stereocenters. The highest BCUT2D eigenvalue weighted by atomic mass is 32.2. The summed E-state index contributed by atoms with van der Waals surface area (Å²) in [6.45, 7) is 1.83. The number of aliphatic hydroxyl groups excluding tert-OH is 1. The lowest BCUT2D eigenvalue weighted by Crippen LogP contribution is -2.09. The first-order valence-corrected chi connectivity index (χ1v) is 5.42. The zero-order chi connectivity index (χ0) is 11.5. The first kappa shape index (κ1) is 12.4. The smallest absolute Gasteiger partial charge is 0.387 e. The van der Waals surface area contributed by atoms with Crippen molar-refractivity contribution in [3.8, 4) is 0 Å². The number of halogens is 3. The van der Waals surface area contributed by atoms with E-state index in [-0.39, 0.29) is 24.1 Å². The zero-order valence-corrected chi connectivity index (χ0v) is 8.98. The Hall–Kier alpha value is -0.620. The predicted molar refractivity (Wildman–Crippen MR) is 53.6 cm³/mol. The molecule has 2 nitrogen and oxygen atoms in total. The van der Waals surface area contributed by atoms with Gasteiger partial charge in [0.05, 0.1) is 6.10 Å². The number of aromatic nitrogens is 1. The third-order valence-corrected chi connectivity index (χ3v) is 2.60. The Balaban J connectivity index is 2.47. The second kappa shape index (κ2) is 4.94. The van der Waals surface area contributed by atoms with Crippen LogP contribution in [0.3, 0.4) is 0 Å². The van der Waals surface area contributed by atoms with E-state index in [0.717, 1.165) is 0 Å². The van der Waals surface area contributed by atoms with Gasteiger partial charge >= 0.3 is 5.51 Å². The van der Waals surface area contributed by atoms with Crippen molar-refractivity contribution in [2.75, 3.05) is 5.75 Å². The molecule has 0 fully saturated rings. The largest absolute Gasteiger partial charge is 0.441 e. The minimum atomic E-state index is -4.18. The highest BCUT2D eigenvalue weighted by molar-refractivity contribution is 8.00. The molecular formula is C9H12F3NOS. The van der Waals surface area contributed by atoms with Gasteiger partial charge in [-0.3, -0.25) is 0 Å². The number of thioether (sulfide) groups is 1. The monoisotopic (exact) mass is 239 g/mol. The van der Waals surface area contributed by atoms with Crippen molar-refractivity contribution in [1.82, 2.24) is 4.57 Å². The number of nitrogens with zero attached hydrogens (tertiary/aromatic N) is 1. The molecule has 0 aromatic carbocycles. The predicted octanol–water partition coefficient (Wildman–Crippen LogP) is 2.79. The number of aliphatic hydroxyl groups is 1. The van der Waals surface area contributed by atoms with Crippen LogP contribution in [-0.4, -0.2) is 20.9 Å². The summed E-state index contributed by atoms with van der Waals surface area (Å²) in [7, 11) is 0. The fourth-order valence-corrected chi connectivity index (χ4v) is 1.79. The Labute approximate surface area is 90.1 Å². The molecule has 15 heavy (non-hydrogen) atoms. The molecule has 1 aromatic heterocycles. The first-order valence-electron chi connectivity index (χ1n) is 4.44. The van der Waals surface area contributed by atoms with Crippen LogP contribution in [0.4, 0.5) is 13.2 Å². The molecule has 1 aromatic rings. The molecule has 6 heteroatoms. The van der Waals surface area contributed by atoms with E-state index in [0.29, 0.717) is 5.69 Å². The van der Waals surface area contributed by atoms with Gasteiger partial charge in [0.1, 0.15) is 0 Å². The third-order valence-electron chi connectivity index (χ3n) is 1.89. The van der Waals surface area contributed by atoms with Crippen LogP contribution in [-0.2, 0) is 6.54 Å². The molecule has 1 heterocycles. The van der Waals surface area contributed by atoms with Gasteiger partial charge in [-0.1, -0.05) is 0 Å². The number of alkyl halides is 3. The summed E-state index contributed by atoms with van der Waals surface area (Å²) in [4.78, 5) is 0. The van der Waals surface area contributed by atoms with Gasteiger partial charge in [0.25, 0.3) is 0 Å². The van der Waals surface area contributed by atoms with Crippen LogP contribution in [0, 0.1) is 0 Å². The van der Waals surface area contributed by atoms with Gasteiger partial charge in [0.15, 0.2) is 0 Å². The van der Waals surface area contributed by atoms with Crippen molar-refractivity contribution >= 4 is 11.8 Å². The Morgan fingerprint density at radius 3 is 2.73 bits per heavy atom. The van der Waals surface area contributed by atoms with Crippen molar-refractivity contribution < 1.29 is 18.3 Å². The number of hydrogen-bond acceptors (Lipinski definition) is 2. The van der Waals surface area contributed by atoms with Crippen molar-refractivity contribution in [1.29, 1.82) is 0 Å². The minimum absolute atomic E-state index is 0.0437. The molecular weight excluding hydrogens is 227 g/mol. The highest BCUT2D eigenvalue weighted by Crippen LogP contribution is 2.30. The molecule has 0 aliphatic carbocycles. The quantitative estimate of drug-likeness (QED) is 0.874. The molecule has 0 bridgehead atoms. The molecule has 0 saturated heterocycles. The summed E-state index contributed by atoms with van der Waals surface area (Å²) >= 11 is -0.0502. The standard InChI is InChI=1S/C9H12F3NOS/c1-7(14)8-3-2-4-13(8)5-6-15-9(10,11)12/h2-4,7,14H,5-6H2,1H3. The Kier molecular flexibility index (Phi) is 4.10. The van der Waals surface area contributed by atoms with Gasteiger partial charge in [0, 0.05) is 24.2 Å². The topological polar surface area (TPSA) is 25.2 Å². The fourth-order valence-electron chi connectivity index (χ4n) is 1.27. The van der Waals surface area contributed by atoms with Crippen molar-refractivity contribution in [2.45, 2.75) is 25.1 Å². The summed E-state index contributed by atoms with van der Waals surface area (Å²) in [5, 5.41) is 9.30. The molecule has 0 amide bonds. The van der Waals surface area contributed by atoms with Crippen LogP contribution in [0.2, 0.25) is 0 Å². The average Bonchev–Trinajstić information content (AvgIpc) is 2.49. The molecule has 0 spiro atoms. The maximum Gasteiger partial charge on any atom is 0.441 e. The first-order chi connectivity index (χ1) is 6.90. The van der Waals surface area contributed by atoms with E-state index >= 15 is 0 Å². The zero-order valence-electron chi connectivity index (χ0n) is 8.16. The maximum atomic E-state index is 11.8. The van der Waals surface area contributed by atoms with E-state index in [1.54, 1.807) is 29.8 Å². The number of rotatable bonds is 4. The van der Waals surface area contributed by atoms with Crippen LogP contribution in [0.25, 0.3) is 0 Å². The number of hydrogen-bond donors (Lipinski definition) is 1.